The Hall–Kier alpha value is -2.33. The molecule has 0 heterocycles. The highest BCUT2D eigenvalue weighted by Crippen LogP contribution is 2.25. The lowest BCUT2D eigenvalue weighted by Gasteiger charge is -2.23. The summed E-state index contributed by atoms with van der Waals surface area (Å²) in [5.74, 6) is -0.355. The van der Waals surface area contributed by atoms with E-state index in [2.05, 4.69) is 0 Å². The standard InChI is InChI=1S/C17H19NO3/c1-11-3-5-13(6-4-11)16(12(2)18)21-15-9-7-14(8-10-15)17(19)20/h3-10,12,16H,18H2,1-2H3,(H,19,20)/t12-,16-/m0/s1. The summed E-state index contributed by atoms with van der Waals surface area (Å²) in [6.07, 6.45) is -0.277. The molecule has 21 heavy (non-hydrogen) atoms. The molecule has 2 aromatic rings. The van der Waals surface area contributed by atoms with E-state index >= 15 is 0 Å². The summed E-state index contributed by atoms with van der Waals surface area (Å²) in [5, 5.41) is 8.89. The summed E-state index contributed by atoms with van der Waals surface area (Å²) in [7, 11) is 0. The van der Waals surface area contributed by atoms with Gasteiger partial charge in [-0.1, -0.05) is 29.8 Å². The van der Waals surface area contributed by atoms with Crippen molar-refractivity contribution in [1.82, 2.24) is 0 Å². The number of ether oxygens (including phenoxy) is 1. The normalized spacial score (nSPS) is 13.5. The summed E-state index contributed by atoms with van der Waals surface area (Å²) in [5.41, 5.74) is 8.42. The lowest BCUT2D eigenvalue weighted by molar-refractivity contribution is 0.0697. The summed E-state index contributed by atoms with van der Waals surface area (Å²) in [6, 6.07) is 14.2. The third-order valence-corrected chi connectivity index (χ3v) is 3.25. The number of hydrogen-bond acceptors (Lipinski definition) is 3. The van der Waals surface area contributed by atoms with E-state index in [4.69, 9.17) is 15.6 Å². The number of aryl methyl sites for hydroxylation is 1. The molecule has 0 bridgehead atoms. The number of nitrogens with two attached hydrogens (primary N) is 1. The Morgan fingerprint density at radius 2 is 1.67 bits per heavy atom. The fourth-order valence-electron chi connectivity index (χ4n) is 2.06. The van der Waals surface area contributed by atoms with Gasteiger partial charge in [0.05, 0.1) is 5.56 Å². The van der Waals surface area contributed by atoms with Gasteiger partial charge in [-0.05, 0) is 43.7 Å². The molecule has 4 nitrogen and oxygen atoms in total. The van der Waals surface area contributed by atoms with E-state index in [1.807, 2.05) is 38.1 Å². The van der Waals surface area contributed by atoms with E-state index in [1.165, 1.54) is 17.7 Å². The zero-order chi connectivity index (χ0) is 15.4. The molecular formula is C17H19NO3. The largest absolute Gasteiger partial charge is 0.484 e. The maximum Gasteiger partial charge on any atom is 0.335 e. The van der Waals surface area contributed by atoms with Gasteiger partial charge in [-0.2, -0.15) is 0 Å². The minimum Gasteiger partial charge on any atom is -0.484 e. The quantitative estimate of drug-likeness (QED) is 0.885. The molecule has 2 aromatic carbocycles. The highest BCUT2D eigenvalue weighted by atomic mass is 16.5. The summed E-state index contributed by atoms with van der Waals surface area (Å²) in [6.45, 7) is 3.91. The predicted molar refractivity (Wildman–Crippen MR) is 81.6 cm³/mol. The van der Waals surface area contributed by atoms with Crippen LogP contribution in [-0.4, -0.2) is 17.1 Å². The molecule has 2 atom stereocenters. The van der Waals surface area contributed by atoms with Gasteiger partial charge in [0.25, 0.3) is 0 Å². The number of benzene rings is 2. The lowest BCUT2D eigenvalue weighted by atomic mass is 10.0. The molecule has 0 aliphatic rings. The first-order valence-electron chi connectivity index (χ1n) is 6.79. The van der Waals surface area contributed by atoms with Crippen LogP contribution in [0.25, 0.3) is 0 Å². The Bertz CT molecular complexity index is 603. The Balaban J connectivity index is 2.20. The molecule has 0 spiro atoms. The molecule has 0 saturated carbocycles. The second kappa shape index (κ2) is 6.41. The molecule has 0 aromatic heterocycles. The average molecular weight is 285 g/mol. The van der Waals surface area contributed by atoms with Crippen molar-refractivity contribution in [3.05, 3.63) is 65.2 Å². The van der Waals surface area contributed by atoms with Crippen molar-refractivity contribution < 1.29 is 14.6 Å². The number of carbonyl (C=O) groups is 1. The third kappa shape index (κ3) is 3.83. The molecule has 2 rings (SSSR count). The smallest absolute Gasteiger partial charge is 0.335 e. The maximum atomic E-state index is 10.8. The zero-order valence-corrected chi connectivity index (χ0v) is 12.1. The van der Waals surface area contributed by atoms with Gasteiger partial charge in [-0.15, -0.1) is 0 Å². The highest BCUT2D eigenvalue weighted by Gasteiger charge is 2.18. The van der Waals surface area contributed by atoms with Crippen LogP contribution in [0.4, 0.5) is 0 Å². The van der Waals surface area contributed by atoms with Crippen LogP contribution in [0.3, 0.4) is 0 Å². The monoisotopic (exact) mass is 285 g/mol. The van der Waals surface area contributed by atoms with Crippen molar-refractivity contribution in [2.45, 2.75) is 26.0 Å². The zero-order valence-electron chi connectivity index (χ0n) is 12.1. The predicted octanol–water partition coefficient (Wildman–Crippen LogP) is 3.16. The Labute approximate surface area is 124 Å². The van der Waals surface area contributed by atoms with E-state index < -0.39 is 5.97 Å². The molecule has 0 saturated heterocycles. The van der Waals surface area contributed by atoms with Crippen molar-refractivity contribution in [3.8, 4) is 5.75 Å². The molecule has 0 unspecified atom stereocenters. The van der Waals surface area contributed by atoms with Crippen molar-refractivity contribution in [2.24, 2.45) is 5.73 Å². The van der Waals surface area contributed by atoms with Gasteiger partial charge in [-0.3, -0.25) is 0 Å². The summed E-state index contributed by atoms with van der Waals surface area (Å²) >= 11 is 0. The van der Waals surface area contributed by atoms with Gasteiger partial charge in [0, 0.05) is 6.04 Å². The van der Waals surface area contributed by atoms with Gasteiger partial charge >= 0.3 is 5.97 Å². The highest BCUT2D eigenvalue weighted by molar-refractivity contribution is 5.87. The Morgan fingerprint density at radius 3 is 2.14 bits per heavy atom. The minimum absolute atomic E-state index is 0.188. The van der Waals surface area contributed by atoms with Gasteiger partial charge < -0.3 is 15.6 Å². The Kier molecular flexibility index (Phi) is 4.60. The van der Waals surface area contributed by atoms with Crippen LogP contribution in [0.15, 0.2) is 48.5 Å². The van der Waals surface area contributed by atoms with Crippen molar-refractivity contribution in [3.63, 3.8) is 0 Å². The average Bonchev–Trinajstić information content (AvgIpc) is 2.46. The van der Waals surface area contributed by atoms with Crippen molar-refractivity contribution in [1.29, 1.82) is 0 Å². The number of aromatic carboxylic acids is 1. The number of carboxylic acid groups (broad SMARTS) is 1. The SMILES string of the molecule is Cc1ccc([C@@H](Oc2ccc(C(=O)O)cc2)[C@H](C)N)cc1. The van der Waals surface area contributed by atoms with Crippen LogP contribution >= 0.6 is 0 Å². The first-order valence-corrected chi connectivity index (χ1v) is 6.79. The van der Waals surface area contributed by atoms with Crippen LogP contribution in [0.1, 0.15) is 34.5 Å². The van der Waals surface area contributed by atoms with Crippen LogP contribution < -0.4 is 10.5 Å². The van der Waals surface area contributed by atoms with E-state index in [-0.39, 0.29) is 17.7 Å². The lowest BCUT2D eigenvalue weighted by Crippen LogP contribution is -2.29. The van der Waals surface area contributed by atoms with Crippen LogP contribution in [-0.2, 0) is 0 Å². The topological polar surface area (TPSA) is 72.5 Å². The maximum absolute atomic E-state index is 10.8. The van der Waals surface area contributed by atoms with E-state index in [9.17, 15) is 4.79 Å². The first kappa shape index (κ1) is 15.1. The van der Waals surface area contributed by atoms with Crippen molar-refractivity contribution in [2.75, 3.05) is 0 Å². The van der Waals surface area contributed by atoms with Gasteiger partial charge in [0.2, 0.25) is 0 Å². The second-order valence-electron chi connectivity index (χ2n) is 5.14. The van der Waals surface area contributed by atoms with E-state index in [0.29, 0.717) is 5.75 Å². The van der Waals surface area contributed by atoms with Crippen molar-refractivity contribution >= 4 is 5.97 Å². The molecule has 0 radical (unpaired) electrons. The molecule has 110 valence electrons. The molecule has 0 aliphatic carbocycles. The summed E-state index contributed by atoms with van der Waals surface area (Å²) in [4.78, 5) is 10.8. The Morgan fingerprint density at radius 1 is 1.10 bits per heavy atom. The number of hydrogen-bond donors (Lipinski definition) is 2. The van der Waals surface area contributed by atoms with Crippen LogP contribution in [0.2, 0.25) is 0 Å². The first-order chi connectivity index (χ1) is 9.97. The molecule has 0 aliphatic heterocycles. The molecule has 3 N–H and O–H groups in total. The van der Waals surface area contributed by atoms with E-state index in [1.54, 1.807) is 12.1 Å². The number of rotatable bonds is 5. The fourth-order valence-corrected chi connectivity index (χ4v) is 2.06. The number of carboxylic acids is 1. The van der Waals surface area contributed by atoms with Crippen LogP contribution in [0.5, 0.6) is 5.75 Å². The fraction of sp³-hybridized carbons (Fsp3) is 0.235. The van der Waals surface area contributed by atoms with Gasteiger partial charge in [0.1, 0.15) is 11.9 Å². The molecule has 4 heteroatoms. The molecular weight excluding hydrogens is 266 g/mol. The molecule has 0 amide bonds. The molecule has 0 fully saturated rings. The third-order valence-electron chi connectivity index (χ3n) is 3.25. The second-order valence-corrected chi connectivity index (χ2v) is 5.14. The van der Waals surface area contributed by atoms with E-state index in [0.717, 1.165) is 5.56 Å². The summed E-state index contributed by atoms with van der Waals surface area (Å²) < 4.78 is 5.92. The van der Waals surface area contributed by atoms with Gasteiger partial charge in [-0.25, -0.2) is 4.79 Å². The van der Waals surface area contributed by atoms with Crippen LogP contribution in [0, 0.1) is 6.92 Å². The van der Waals surface area contributed by atoms with Gasteiger partial charge in [0.15, 0.2) is 0 Å². The minimum atomic E-state index is -0.955.